The van der Waals surface area contributed by atoms with Crippen LogP contribution in [0, 0.1) is 5.92 Å². The van der Waals surface area contributed by atoms with Crippen molar-refractivity contribution in [1.82, 2.24) is 4.98 Å². The highest BCUT2D eigenvalue weighted by atomic mass is 79.9. The van der Waals surface area contributed by atoms with Gasteiger partial charge in [-0.3, -0.25) is 0 Å². The molecule has 0 aromatic carbocycles. The minimum Gasteiger partial charge on any atom is -0.397 e. The molecule has 0 spiro atoms. The highest BCUT2D eigenvalue weighted by Crippen LogP contribution is 2.29. The lowest BCUT2D eigenvalue weighted by Gasteiger charge is -2.31. The van der Waals surface area contributed by atoms with Gasteiger partial charge in [-0.1, -0.05) is 12.8 Å². The van der Waals surface area contributed by atoms with Crippen molar-refractivity contribution in [2.24, 2.45) is 5.92 Å². The number of halogens is 1. The van der Waals surface area contributed by atoms with Crippen molar-refractivity contribution >= 4 is 27.4 Å². The summed E-state index contributed by atoms with van der Waals surface area (Å²) in [4.78, 5) is 4.28. The van der Waals surface area contributed by atoms with E-state index < -0.39 is 0 Å². The first kappa shape index (κ1) is 12.6. The first-order valence-electron chi connectivity index (χ1n) is 5.99. The zero-order valence-electron chi connectivity index (χ0n) is 9.69. The van der Waals surface area contributed by atoms with Crippen LogP contribution in [0.15, 0.2) is 16.7 Å². The summed E-state index contributed by atoms with van der Waals surface area (Å²) in [6.07, 6.45) is 6.23. The number of rotatable bonds is 3. The maximum absolute atomic E-state index is 9.36. The summed E-state index contributed by atoms with van der Waals surface area (Å²) in [5.74, 6) is 1.14. The quantitative estimate of drug-likeness (QED) is 0.801. The van der Waals surface area contributed by atoms with Crippen LogP contribution in [-0.4, -0.2) is 22.7 Å². The number of aromatic nitrogens is 1. The molecule has 1 aliphatic rings. The highest BCUT2D eigenvalue weighted by molar-refractivity contribution is 9.10. The van der Waals surface area contributed by atoms with Gasteiger partial charge in [0.1, 0.15) is 5.82 Å². The Hall–Kier alpha value is -0.810. The molecule has 1 heterocycles. The lowest BCUT2D eigenvalue weighted by atomic mass is 9.85. The SMILES string of the molecule is Nc1cnc(NC2CCCCC2CO)c(Br)c1. The second-order valence-electron chi connectivity index (χ2n) is 4.58. The molecule has 0 amide bonds. The van der Waals surface area contributed by atoms with Gasteiger partial charge in [0.2, 0.25) is 0 Å². The van der Waals surface area contributed by atoms with Gasteiger partial charge in [0.25, 0.3) is 0 Å². The molecule has 1 aromatic rings. The molecule has 1 fully saturated rings. The van der Waals surface area contributed by atoms with Crippen molar-refractivity contribution < 1.29 is 5.11 Å². The molecule has 1 aliphatic carbocycles. The van der Waals surface area contributed by atoms with Gasteiger partial charge in [0.15, 0.2) is 0 Å². The predicted molar refractivity (Wildman–Crippen MR) is 72.8 cm³/mol. The Bertz CT molecular complexity index is 386. The Morgan fingerprint density at radius 1 is 1.47 bits per heavy atom. The summed E-state index contributed by atoms with van der Waals surface area (Å²) in [6, 6.07) is 2.15. The number of nitrogens with one attached hydrogen (secondary N) is 1. The van der Waals surface area contributed by atoms with Crippen LogP contribution in [0.4, 0.5) is 11.5 Å². The van der Waals surface area contributed by atoms with Crippen LogP contribution in [0.25, 0.3) is 0 Å². The van der Waals surface area contributed by atoms with Gasteiger partial charge in [0, 0.05) is 18.6 Å². The molecule has 2 unspecified atom stereocenters. The Kier molecular flexibility index (Phi) is 4.23. The smallest absolute Gasteiger partial charge is 0.140 e. The zero-order valence-corrected chi connectivity index (χ0v) is 11.3. The number of pyridine rings is 1. The van der Waals surface area contributed by atoms with E-state index in [0.29, 0.717) is 17.6 Å². The van der Waals surface area contributed by atoms with Crippen LogP contribution in [0.1, 0.15) is 25.7 Å². The summed E-state index contributed by atoms with van der Waals surface area (Å²) in [7, 11) is 0. The number of hydrogen-bond donors (Lipinski definition) is 3. The van der Waals surface area contributed by atoms with Gasteiger partial charge in [-0.2, -0.15) is 0 Å². The predicted octanol–water partition coefficient (Wildman–Crippen LogP) is 2.39. The maximum Gasteiger partial charge on any atom is 0.140 e. The number of nitrogens with two attached hydrogens (primary N) is 1. The third-order valence-corrected chi connectivity index (χ3v) is 3.93. The number of nitrogen functional groups attached to an aromatic ring is 1. The van der Waals surface area contributed by atoms with Gasteiger partial charge >= 0.3 is 0 Å². The van der Waals surface area contributed by atoms with Gasteiger partial charge < -0.3 is 16.2 Å². The topological polar surface area (TPSA) is 71.2 Å². The van der Waals surface area contributed by atoms with E-state index in [1.54, 1.807) is 6.20 Å². The van der Waals surface area contributed by atoms with Crippen LogP contribution in [0.2, 0.25) is 0 Å². The van der Waals surface area contributed by atoms with Gasteiger partial charge in [-0.05, 0) is 34.8 Å². The molecule has 2 rings (SSSR count). The van der Waals surface area contributed by atoms with Crippen molar-refractivity contribution in [3.63, 3.8) is 0 Å². The largest absolute Gasteiger partial charge is 0.397 e. The van der Waals surface area contributed by atoms with Crippen LogP contribution < -0.4 is 11.1 Å². The summed E-state index contributed by atoms with van der Waals surface area (Å²) in [5.41, 5.74) is 6.30. The number of aliphatic hydroxyl groups is 1. The first-order chi connectivity index (χ1) is 8.20. The van der Waals surface area contributed by atoms with E-state index in [1.807, 2.05) is 6.07 Å². The third kappa shape index (κ3) is 3.10. The van der Waals surface area contributed by atoms with E-state index >= 15 is 0 Å². The molecule has 0 saturated heterocycles. The fraction of sp³-hybridized carbons (Fsp3) is 0.583. The van der Waals surface area contributed by atoms with E-state index in [0.717, 1.165) is 23.1 Å². The lowest BCUT2D eigenvalue weighted by Crippen LogP contribution is -2.34. The van der Waals surface area contributed by atoms with Crippen LogP contribution in [0.3, 0.4) is 0 Å². The molecule has 4 nitrogen and oxygen atoms in total. The number of nitrogens with zero attached hydrogens (tertiary/aromatic N) is 1. The van der Waals surface area contributed by atoms with Crippen LogP contribution in [0.5, 0.6) is 0 Å². The molecule has 1 aromatic heterocycles. The molecular weight excluding hydrogens is 282 g/mol. The Morgan fingerprint density at radius 3 is 2.94 bits per heavy atom. The zero-order chi connectivity index (χ0) is 12.3. The third-order valence-electron chi connectivity index (χ3n) is 3.33. The fourth-order valence-electron chi connectivity index (χ4n) is 2.35. The average Bonchev–Trinajstić information content (AvgIpc) is 2.33. The fourth-order valence-corrected chi connectivity index (χ4v) is 2.83. The molecule has 1 saturated carbocycles. The van der Waals surface area contributed by atoms with Crippen LogP contribution in [-0.2, 0) is 0 Å². The second kappa shape index (κ2) is 5.69. The summed E-state index contributed by atoms with van der Waals surface area (Å²) >= 11 is 3.45. The van der Waals surface area contributed by atoms with Gasteiger partial charge in [-0.15, -0.1) is 0 Å². The normalized spacial score (nSPS) is 24.6. The van der Waals surface area contributed by atoms with E-state index in [9.17, 15) is 5.11 Å². The Labute approximate surface area is 110 Å². The molecule has 5 heteroatoms. The van der Waals surface area contributed by atoms with E-state index in [1.165, 1.54) is 12.8 Å². The van der Waals surface area contributed by atoms with Crippen molar-refractivity contribution in [3.05, 3.63) is 16.7 Å². The van der Waals surface area contributed by atoms with Gasteiger partial charge in [0.05, 0.1) is 16.4 Å². The van der Waals surface area contributed by atoms with E-state index in [4.69, 9.17) is 5.73 Å². The number of hydrogen-bond acceptors (Lipinski definition) is 4. The molecule has 0 bridgehead atoms. The minimum atomic E-state index is 0.240. The molecular formula is C12H18BrN3O. The van der Waals surface area contributed by atoms with Crippen LogP contribution >= 0.6 is 15.9 Å². The summed E-state index contributed by atoms with van der Waals surface area (Å²) < 4.78 is 0.875. The molecule has 2 atom stereocenters. The highest BCUT2D eigenvalue weighted by Gasteiger charge is 2.25. The molecule has 94 valence electrons. The minimum absolute atomic E-state index is 0.240. The standard InChI is InChI=1S/C12H18BrN3O/c13-10-5-9(14)6-15-12(10)16-11-4-2-1-3-8(11)7-17/h5-6,8,11,17H,1-4,7,14H2,(H,15,16). The van der Waals surface area contributed by atoms with Crippen molar-refractivity contribution in [3.8, 4) is 0 Å². The monoisotopic (exact) mass is 299 g/mol. The van der Waals surface area contributed by atoms with Crippen molar-refractivity contribution in [2.75, 3.05) is 17.7 Å². The molecule has 0 radical (unpaired) electrons. The van der Waals surface area contributed by atoms with Crippen molar-refractivity contribution in [1.29, 1.82) is 0 Å². The average molecular weight is 300 g/mol. The summed E-state index contributed by atoms with van der Waals surface area (Å²) in [6.45, 7) is 0.240. The molecule has 17 heavy (non-hydrogen) atoms. The second-order valence-corrected chi connectivity index (χ2v) is 5.43. The van der Waals surface area contributed by atoms with Gasteiger partial charge in [-0.25, -0.2) is 4.98 Å². The molecule has 0 aliphatic heterocycles. The lowest BCUT2D eigenvalue weighted by molar-refractivity contribution is 0.178. The Morgan fingerprint density at radius 2 is 2.24 bits per heavy atom. The first-order valence-corrected chi connectivity index (χ1v) is 6.78. The van der Waals surface area contributed by atoms with Crippen molar-refractivity contribution in [2.45, 2.75) is 31.7 Å². The number of aliphatic hydroxyl groups excluding tert-OH is 1. The maximum atomic E-state index is 9.36. The Balaban J connectivity index is 2.08. The summed E-state index contributed by atoms with van der Waals surface area (Å²) in [5, 5.41) is 12.8. The number of anilines is 2. The molecule has 4 N–H and O–H groups in total. The van der Waals surface area contributed by atoms with E-state index in [2.05, 4.69) is 26.2 Å². The van der Waals surface area contributed by atoms with E-state index in [-0.39, 0.29) is 6.61 Å².